The van der Waals surface area contributed by atoms with Crippen LogP contribution in [-0.4, -0.2) is 35.5 Å². The molecule has 0 fully saturated rings. The Morgan fingerprint density at radius 2 is 1.65 bits per heavy atom. The quantitative estimate of drug-likeness (QED) is 0.161. The van der Waals surface area contributed by atoms with E-state index in [1.54, 1.807) is 24.4 Å². The molecule has 0 aliphatic heterocycles. The zero-order valence-electron chi connectivity index (χ0n) is 22.8. The van der Waals surface area contributed by atoms with Gasteiger partial charge >= 0.3 is 0 Å². The fourth-order valence-corrected chi connectivity index (χ4v) is 5.20. The Balaban J connectivity index is 0.000000403. The maximum atomic E-state index is 12.3. The molecule has 0 radical (unpaired) electrons. The van der Waals surface area contributed by atoms with Crippen molar-refractivity contribution < 1.29 is 22.0 Å². The summed E-state index contributed by atoms with van der Waals surface area (Å²) in [5, 5.41) is 11.3. The smallest absolute Gasteiger partial charge is 0.227 e. The van der Waals surface area contributed by atoms with Crippen LogP contribution in [0.2, 0.25) is 0 Å². The van der Waals surface area contributed by atoms with E-state index >= 15 is 0 Å². The summed E-state index contributed by atoms with van der Waals surface area (Å²) < 4.78 is 47.2. The van der Waals surface area contributed by atoms with Crippen molar-refractivity contribution >= 4 is 50.2 Å². The van der Waals surface area contributed by atoms with Gasteiger partial charge in [0.05, 0.1) is 22.0 Å². The molecule has 0 aliphatic carbocycles. The molecule has 14 heteroatoms. The summed E-state index contributed by atoms with van der Waals surface area (Å²) in [5.41, 5.74) is 10.3. The molecule has 6 N–H and O–H groups in total. The summed E-state index contributed by atoms with van der Waals surface area (Å²) in [4.78, 5) is 24.9. The number of hydrogen-bond donors (Lipinski definition) is 4. The number of carbonyl (C=O) groups excluding carboxylic acids is 1. The van der Waals surface area contributed by atoms with Gasteiger partial charge in [-0.3, -0.25) is 4.79 Å². The second-order valence-electron chi connectivity index (χ2n) is 9.13. The summed E-state index contributed by atoms with van der Waals surface area (Å²) >= 11 is 1.30. The van der Waals surface area contributed by atoms with Gasteiger partial charge in [-0.15, -0.1) is 0 Å². The largest absolute Gasteiger partial charge is 0.375 e. The average molecular weight is 624 g/mol. The van der Waals surface area contributed by atoms with Gasteiger partial charge in [0.25, 0.3) is 0 Å². The number of aromatic nitrogens is 3. The maximum absolute atomic E-state index is 12.3. The number of anilines is 4. The van der Waals surface area contributed by atoms with Crippen molar-refractivity contribution in [3.8, 4) is 21.8 Å². The van der Waals surface area contributed by atoms with E-state index in [1.165, 1.54) is 36.5 Å². The lowest BCUT2D eigenvalue weighted by molar-refractivity contribution is -0.105. The van der Waals surface area contributed by atoms with Crippen molar-refractivity contribution in [3.05, 3.63) is 102 Å². The van der Waals surface area contributed by atoms with Crippen molar-refractivity contribution in [3.63, 3.8) is 0 Å². The number of nitrogens with zero attached hydrogens (tertiary/aromatic N) is 3. The van der Waals surface area contributed by atoms with Crippen LogP contribution < -0.4 is 21.5 Å². The van der Waals surface area contributed by atoms with Crippen LogP contribution in [0.1, 0.15) is 11.1 Å². The van der Waals surface area contributed by atoms with E-state index in [0.29, 0.717) is 46.7 Å². The van der Waals surface area contributed by atoms with Crippen molar-refractivity contribution in [1.82, 2.24) is 15.0 Å². The molecule has 0 spiro atoms. The molecule has 0 saturated heterocycles. The number of thiazole rings is 1. The van der Waals surface area contributed by atoms with Crippen molar-refractivity contribution in [2.24, 2.45) is 5.14 Å². The number of nitrogens with one attached hydrogen (secondary N) is 2. The number of rotatable bonds is 9. The van der Waals surface area contributed by atoms with Gasteiger partial charge < -0.3 is 16.4 Å². The van der Waals surface area contributed by atoms with Gasteiger partial charge in [0.1, 0.15) is 11.6 Å². The molecule has 0 aliphatic rings. The number of carbonyl (C=O) groups is 1. The number of halogens is 2. The molecule has 2 heterocycles. The van der Waals surface area contributed by atoms with Gasteiger partial charge in [-0.25, -0.2) is 37.3 Å². The van der Waals surface area contributed by atoms with E-state index in [9.17, 15) is 22.0 Å². The van der Waals surface area contributed by atoms with E-state index < -0.39 is 21.7 Å². The summed E-state index contributed by atoms with van der Waals surface area (Å²) in [6, 6.07) is 20.1. The van der Waals surface area contributed by atoms with Crippen LogP contribution in [0.3, 0.4) is 0 Å². The average Bonchev–Trinajstić information content (AvgIpc) is 3.37. The highest BCUT2D eigenvalue weighted by Crippen LogP contribution is 2.38. The highest BCUT2D eigenvalue weighted by atomic mass is 32.2. The van der Waals surface area contributed by atoms with Crippen molar-refractivity contribution in [2.75, 3.05) is 22.1 Å². The Labute approximate surface area is 250 Å². The fraction of sp³-hybridized carbons (Fsp3) is 0.103. The highest BCUT2D eigenvalue weighted by Gasteiger charge is 2.16. The molecule has 0 saturated carbocycles. The van der Waals surface area contributed by atoms with Crippen LogP contribution in [0.5, 0.6) is 0 Å². The van der Waals surface area contributed by atoms with Crippen LogP contribution in [0.4, 0.5) is 31.2 Å². The maximum Gasteiger partial charge on any atom is 0.227 e. The molecular formula is C29H27F2N7O3S2. The summed E-state index contributed by atoms with van der Waals surface area (Å²) in [6.45, 7) is 1.41. The SMILES string of the molecule is Cc1c(F)cccc1F.Nc1nc(-c2cccc(NC=O)c2)c(-c2ccnc(Nc3cccc(CCS(N)(=O)=O)c3)n2)s1. The first-order valence-corrected chi connectivity index (χ1v) is 15.2. The summed E-state index contributed by atoms with van der Waals surface area (Å²) in [6.07, 6.45) is 2.54. The van der Waals surface area contributed by atoms with E-state index in [0.717, 1.165) is 16.0 Å². The highest BCUT2D eigenvalue weighted by molar-refractivity contribution is 7.89. The Bertz CT molecular complexity index is 1830. The summed E-state index contributed by atoms with van der Waals surface area (Å²) in [7, 11) is -3.54. The topological polar surface area (TPSA) is 166 Å². The lowest BCUT2D eigenvalue weighted by Crippen LogP contribution is -2.17. The number of nitrogens with two attached hydrogens (primary N) is 2. The standard InChI is InChI=1S/C22H21N7O3S2.C7H6F2/c23-21-29-19(15-4-2-5-16(12-15)26-13-30)20(33-21)18-7-9-25-22(28-18)27-17-6-1-3-14(11-17)8-10-34(24,31)32;1-5-6(8)3-2-4-7(5)9/h1-7,9,11-13H,8,10H2,(H2,23,29)(H,26,30)(H2,24,31,32)(H,25,27,28);2-4H,1H3. The first-order valence-electron chi connectivity index (χ1n) is 12.7. The Kier molecular flexibility index (Phi) is 10.1. The molecule has 0 unspecified atom stereocenters. The molecule has 222 valence electrons. The molecule has 0 atom stereocenters. The number of amides is 1. The predicted molar refractivity (Wildman–Crippen MR) is 165 cm³/mol. The molecule has 5 aromatic rings. The monoisotopic (exact) mass is 623 g/mol. The summed E-state index contributed by atoms with van der Waals surface area (Å²) in [5.74, 6) is -0.762. The zero-order valence-corrected chi connectivity index (χ0v) is 24.4. The molecule has 3 aromatic carbocycles. The minimum Gasteiger partial charge on any atom is -0.375 e. The van der Waals surface area contributed by atoms with Gasteiger partial charge in [0.2, 0.25) is 22.4 Å². The minimum absolute atomic E-state index is 0.0810. The number of primary sulfonamides is 1. The van der Waals surface area contributed by atoms with Gasteiger partial charge in [-0.2, -0.15) is 0 Å². The fourth-order valence-electron chi connectivity index (χ4n) is 3.85. The number of sulfonamides is 1. The van der Waals surface area contributed by atoms with E-state index in [4.69, 9.17) is 10.9 Å². The minimum atomic E-state index is -3.54. The van der Waals surface area contributed by atoms with Gasteiger partial charge in [0, 0.05) is 28.7 Å². The van der Waals surface area contributed by atoms with Crippen LogP contribution in [0.15, 0.2) is 79.0 Å². The van der Waals surface area contributed by atoms with Gasteiger partial charge in [-0.05, 0) is 61.4 Å². The number of nitrogen functional groups attached to an aromatic ring is 1. The Hall–Kier alpha value is -4.79. The van der Waals surface area contributed by atoms with Gasteiger partial charge in [-0.1, -0.05) is 41.7 Å². The van der Waals surface area contributed by atoms with E-state index in [1.807, 2.05) is 36.4 Å². The molecule has 10 nitrogen and oxygen atoms in total. The van der Waals surface area contributed by atoms with Gasteiger partial charge in [0.15, 0.2) is 5.13 Å². The lowest BCUT2D eigenvalue weighted by atomic mass is 10.1. The predicted octanol–water partition coefficient (Wildman–Crippen LogP) is 5.27. The number of aryl methyl sites for hydroxylation is 1. The molecule has 0 bridgehead atoms. The van der Waals surface area contributed by atoms with E-state index in [2.05, 4.69) is 25.6 Å². The first kappa shape index (κ1) is 31.2. The van der Waals surface area contributed by atoms with Crippen molar-refractivity contribution in [1.29, 1.82) is 0 Å². The molecular weight excluding hydrogens is 596 g/mol. The van der Waals surface area contributed by atoms with E-state index in [-0.39, 0.29) is 11.3 Å². The third kappa shape index (κ3) is 8.85. The zero-order chi connectivity index (χ0) is 31.0. The second-order valence-corrected chi connectivity index (χ2v) is 11.9. The molecule has 43 heavy (non-hydrogen) atoms. The normalized spacial score (nSPS) is 10.9. The Morgan fingerprint density at radius 3 is 2.35 bits per heavy atom. The van der Waals surface area contributed by atoms with Crippen LogP contribution >= 0.6 is 11.3 Å². The van der Waals surface area contributed by atoms with Crippen LogP contribution in [0, 0.1) is 18.6 Å². The number of benzene rings is 3. The molecule has 1 amide bonds. The van der Waals surface area contributed by atoms with Crippen molar-refractivity contribution in [2.45, 2.75) is 13.3 Å². The second kappa shape index (κ2) is 13.9. The number of hydrogen-bond acceptors (Lipinski definition) is 9. The lowest BCUT2D eigenvalue weighted by Gasteiger charge is -2.09. The third-order valence-corrected chi connectivity index (χ3v) is 7.63. The Morgan fingerprint density at radius 1 is 0.953 bits per heavy atom. The van der Waals surface area contributed by atoms with Crippen LogP contribution in [0.25, 0.3) is 21.8 Å². The molecule has 5 rings (SSSR count). The van der Waals surface area contributed by atoms with Crippen LogP contribution in [-0.2, 0) is 21.2 Å². The molecule has 2 aromatic heterocycles. The third-order valence-electron chi connectivity index (χ3n) is 5.95. The first-order chi connectivity index (χ1) is 20.5.